The van der Waals surface area contributed by atoms with Crippen molar-refractivity contribution in [1.82, 2.24) is 4.90 Å². The Balaban J connectivity index is 1.55. The Morgan fingerprint density at radius 3 is 2.44 bits per heavy atom. The zero-order valence-electron chi connectivity index (χ0n) is 15.8. The van der Waals surface area contributed by atoms with E-state index in [1.54, 1.807) is 6.08 Å². The van der Waals surface area contributed by atoms with E-state index in [0.29, 0.717) is 32.4 Å². The van der Waals surface area contributed by atoms with Gasteiger partial charge in [-0.15, -0.1) is 6.58 Å². The fourth-order valence-electron chi connectivity index (χ4n) is 3.46. The molecule has 0 radical (unpaired) electrons. The van der Waals surface area contributed by atoms with Gasteiger partial charge >= 0.3 is 0 Å². The number of likely N-dealkylation sites (tertiary alicyclic amines) is 1. The minimum atomic E-state index is -0.0470. The Bertz CT molecular complexity index is 819. The van der Waals surface area contributed by atoms with Crippen LogP contribution in [-0.2, 0) is 9.59 Å². The van der Waals surface area contributed by atoms with Crippen molar-refractivity contribution in [2.75, 3.05) is 18.4 Å². The molecule has 1 heterocycles. The number of carbonyl (C=O) groups is 2. The molecule has 4 nitrogen and oxygen atoms in total. The zero-order valence-corrected chi connectivity index (χ0v) is 15.8. The monoisotopic (exact) mass is 362 g/mol. The maximum Gasteiger partial charge on any atom is 0.227 e. The Morgan fingerprint density at radius 2 is 1.81 bits per heavy atom. The molecule has 2 amide bonds. The molecule has 0 spiro atoms. The lowest BCUT2D eigenvalue weighted by atomic mass is 9.95. The van der Waals surface area contributed by atoms with Crippen LogP contribution in [0.25, 0.3) is 11.1 Å². The maximum atomic E-state index is 12.5. The van der Waals surface area contributed by atoms with Crippen LogP contribution in [0.3, 0.4) is 0 Å². The Hall–Kier alpha value is -2.88. The van der Waals surface area contributed by atoms with Gasteiger partial charge in [-0.1, -0.05) is 48.0 Å². The van der Waals surface area contributed by atoms with Crippen LogP contribution in [0.1, 0.15) is 24.8 Å². The summed E-state index contributed by atoms with van der Waals surface area (Å²) in [6.45, 7) is 6.95. The number of nitrogens with zero attached hydrogens (tertiary/aromatic N) is 1. The van der Waals surface area contributed by atoms with Gasteiger partial charge in [-0.05, 0) is 43.0 Å². The first kappa shape index (κ1) is 18.9. The van der Waals surface area contributed by atoms with E-state index in [-0.39, 0.29) is 17.7 Å². The Kier molecular flexibility index (Phi) is 6.07. The lowest BCUT2D eigenvalue weighted by Gasteiger charge is -2.31. The highest BCUT2D eigenvalue weighted by Crippen LogP contribution is 2.24. The molecule has 0 aliphatic carbocycles. The number of rotatable bonds is 5. The first-order valence-electron chi connectivity index (χ1n) is 9.43. The number of aryl methyl sites for hydroxylation is 1. The standard InChI is InChI=1S/C23H26N2O2/c1-3-5-22(26)25-14-12-19(13-15-25)23(27)24-21-10-8-18(9-11-21)20-7-4-6-17(2)16-20/h3-4,6-11,16,19H,1,5,12-15H2,2H3,(H,24,27). The molecule has 2 aromatic rings. The first-order chi connectivity index (χ1) is 13.1. The number of benzene rings is 2. The van der Waals surface area contributed by atoms with E-state index in [1.807, 2.05) is 35.2 Å². The molecule has 1 N–H and O–H groups in total. The summed E-state index contributed by atoms with van der Waals surface area (Å²) in [4.78, 5) is 26.2. The molecule has 1 saturated heterocycles. The van der Waals surface area contributed by atoms with Gasteiger partial charge in [-0.2, -0.15) is 0 Å². The van der Waals surface area contributed by atoms with Crippen LogP contribution < -0.4 is 5.32 Å². The lowest BCUT2D eigenvalue weighted by Crippen LogP contribution is -2.41. The molecule has 0 atom stereocenters. The summed E-state index contributed by atoms with van der Waals surface area (Å²) in [5.41, 5.74) is 4.33. The minimum absolute atomic E-state index is 0.0362. The summed E-state index contributed by atoms with van der Waals surface area (Å²) in [6.07, 6.45) is 3.40. The van der Waals surface area contributed by atoms with Crippen molar-refractivity contribution < 1.29 is 9.59 Å². The highest BCUT2D eigenvalue weighted by atomic mass is 16.2. The molecule has 0 saturated carbocycles. The van der Waals surface area contributed by atoms with E-state index in [9.17, 15) is 9.59 Å². The highest BCUT2D eigenvalue weighted by molar-refractivity contribution is 5.93. The van der Waals surface area contributed by atoms with Gasteiger partial charge in [0.25, 0.3) is 0 Å². The molecular formula is C23H26N2O2. The van der Waals surface area contributed by atoms with Crippen molar-refractivity contribution in [3.63, 3.8) is 0 Å². The first-order valence-corrected chi connectivity index (χ1v) is 9.43. The van der Waals surface area contributed by atoms with Crippen LogP contribution in [0.4, 0.5) is 5.69 Å². The molecule has 0 aromatic heterocycles. The van der Waals surface area contributed by atoms with Gasteiger partial charge in [-0.3, -0.25) is 9.59 Å². The molecule has 3 rings (SSSR count). The average Bonchev–Trinajstić information content (AvgIpc) is 2.69. The van der Waals surface area contributed by atoms with Gasteiger partial charge in [0.05, 0.1) is 0 Å². The topological polar surface area (TPSA) is 49.4 Å². The molecule has 140 valence electrons. The van der Waals surface area contributed by atoms with Gasteiger partial charge < -0.3 is 10.2 Å². The van der Waals surface area contributed by atoms with Crippen LogP contribution in [0.15, 0.2) is 61.2 Å². The van der Waals surface area contributed by atoms with Crippen LogP contribution in [0.2, 0.25) is 0 Å². The number of carbonyl (C=O) groups excluding carboxylic acids is 2. The second-order valence-electron chi connectivity index (χ2n) is 7.08. The fourth-order valence-corrected chi connectivity index (χ4v) is 3.46. The van der Waals surface area contributed by atoms with E-state index in [2.05, 4.69) is 37.0 Å². The van der Waals surface area contributed by atoms with Crippen LogP contribution in [0.5, 0.6) is 0 Å². The van der Waals surface area contributed by atoms with Crippen molar-refractivity contribution in [2.45, 2.75) is 26.2 Å². The molecule has 1 fully saturated rings. The predicted octanol–water partition coefficient (Wildman–Crippen LogP) is 4.42. The largest absolute Gasteiger partial charge is 0.342 e. The van der Waals surface area contributed by atoms with Crippen LogP contribution in [0, 0.1) is 12.8 Å². The van der Waals surface area contributed by atoms with Gasteiger partial charge in [0.15, 0.2) is 0 Å². The van der Waals surface area contributed by atoms with E-state index in [4.69, 9.17) is 0 Å². The SMILES string of the molecule is C=CCC(=O)N1CCC(C(=O)Nc2ccc(-c3cccc(C)c3)cc2)CC1. The summed E-state index contributed by atoms with van der Waals surface area (Å²) in [7, 11) is 0. The molecule has 1 aliphatic rings. The van der Waals surface area contributed by atoms with Crippen molar-refractivity contribution in [3.05, 3.63) is 66.7 Å². The molecule has 0 unspecified atom stereocenters. The number of hydrogen-bond donors (Lipinski definition) is 1. The van der Waals surface area contributed by atoms with Crippen molar-refractivity contribution in [2.24, 2.45) is 5.92 Å². The third-order valence-corrected chi connectivity index (χ3v) is 5.04. The summed E-state index contributed by atoms with van der Waals surface area (Å²) >= 11 is 0. The van der Waals surface area contributed by atoms with E-state index < -0.39 is 0 Å². The summed E-state index contributed by atoms with van der Waals surface area (Å²) in [6, 6.07) is 16.3. The summed E-state index contributed by atoms with van der Waals surface area (Å²) in [5.74, 6) is 0.0824. The minimum Gasteiger partial charge on any atom is -0.342 e. The summed E-state index contributed by atoms with van der Waals surface area (Å²) < 4.78 is 0. The second kappa shape index (κ2) is 8.67. The molecule has 1 aliphatic heterocycles. The zero-order chi connectivity index (χ0) is 19.2. The molecule has 0 bridgehead atoms. The number of amides is 2. The predicted molar refractivity (Wildman–Crippen MR) is 109 cm³/mol. The van der Waals surface area contributed by atoms with Crippen LogP contribution >= 0.6 is 0 Å². The third-order valence-electron chi connectivity index (χ3n) is 5.04. The Morgan fingerprint density at radius 1 is 1.11 bits per heavy atom. The number of hydrogen-bond acceptors (Lipinski definition) is 2. The number of nitrogens with one attached hydrogen (secondary N) is 1. The lowest BCUT2D eigenvalue weighted by molar-refractivity contribution is -0.133. The molecular weight excluding hydrogens is 336 g/mol. The highest BCUT2D eigenvalue weighted by Gasteiger charge is 2.26. The maximum absolute atomic E-state index is 12.5. The van der Waals surface area contributed by atoms with Gasteiger partial charge in [0.2, 0.25) is 11.8 Å². The number of anilines is 1. The normalized spacial score (nSPS) is 14.6. The van der Waals surface area contributed by atoms with E-state index >= 15 is 0 Å². The second-order valence-corrected chi connectivity index (χ2v) is 7.08. The van der Waals surface area contributed by atoms with Gasteiger partial charge in [0.1, 0.15) is 0 Å². The Labute approximate surface area is 160 Å². The van der Waals surface area contributed by atoms with E-state index in [0.717, 1.165) is 11.3 Å². The van der Waals surface area contributed by atoms with Crippen molar-refractivity contribution in [3.8, 4) is 11.1 Å². The average molecular weight is 362 g/mol. The molecule has 2 aromatic carbocycles. The van der Waals surface area contributed by atoms with Gasteiger partial charge in [-0.25, -0.2) is 0 Å². The third kappa shape index (κ3) is 4.85. The van der Waals surface area contributed by atoms with Crippen molar-refractivity contribution in [1.29, 1.82) is 0 Å². The van der Waals surface area contributed by atoms with Crippen molar-refractivity contribution >= 4 is 17.5 Å². The van der Waals surface area contributed by atoms with Crippen LogP contribution in [-0.4, -0.2) is 29.8 Å². The molecule has 4 heteroatoms. The summed E-state index contributed by atoms with van der Waals surface area (Å²) in [5, 5.41) is 3.01. The number of piperidine rings is 1. The quantitative estimate of drug-likeness (QED) is 0.801. The fraction of sp³-hybridized carbons (Fsp3) is 0.304. The van der Waals surface area contributed by atoms with Gasteiger partial charge in [0, 0.05) is 31.1 Å². The molecule has 27 heavy (non-hydrogen) atoms. The van der Waals surface area contributed by atoms with E-state index in [1.165, 1.54) is 11.1 Å². The smallest absolute Gasteiger partial charge is 0.227 e.